The van der Waals surface area contributed by atoms with Crippen LogP contribution in [0.25, 0.3) is 0 Å². The van der Waals surface area contributed by atoms with Crippen LogP contribution in [0.15, 0.2) is 18.2 Å². The molecule has 2 atom stereocenters. The highest BCUT2D eigenvalue weighted by atomic mass is 35.5. The van der Waals surface area contributed by atoms with Gasteiger partial charge in [0.2, 0.25) is 0 Å². The van der Waals surface area contributed by atoms with E-state index in [9.17, 15) is 5.11 Å². The number of rotatable bonds is 3. The van der Waals surface area contributed by atoms with Crippen LogP contribution >= 0.6 is 23.2 Å². The third kappa shape index (κ3) is 4.17. The predicted molar refractivity (Wildman–Crippen MR) is 74.8 cm³/mol. The van der Waals surface area contributed by atoms with Crippen molar-refractivity contribution in [3.05, 3.63) is 33.8 Å². The molecule has 0 aliphatic heterocycles. The maximum atomic E-state index is 10.2. The Labute approximate surface area is 114 Å². The zero-order valence-electron chi connectivity index (χ0n) is 10.8. The number of halogens is 2. The molecule has 1 nitrogen and oxygen atoms in total. The van der Waals surface area contributed by atoms with Crippen molar-refractivity contribution < 1.29 is 5.11 Å². The minimum Gasteiger partial charge on any atom is -0.392 e. The number of hydrogen-bond donors (Lipinski definition) is 1. The molecular weight excluding hydrogens is 255 g/mol. The summed E-state index contributed by atoms with van der Waals surface area (Å²) in [6.07, 6.45) is 0.128. The summed E-state index contributed by atoms with van der Waals surface area (Å²) in [7, 11) is 0. The molecule has 0 fully saturated rings. The molecule has 17 heavy (non-hydrogen) atoms. The molecule has 0 aliphatic rings. The van der Waals surface area contributed by atoms with Crippen molar-refractivity contribution in [3.63, 3.8) is 0 Å². The molecular formula is C14H20Cl2O. The van der Waals surface area contributed by atoms with Crippen LogP contribution < -0.4 is 0 Å². The Balaban J connectivity index is 2.81. The summed E-state index contributed by atoms with van der Waals surface area (Å²) in [5, 5.41) is 11.5. The monoisotopic (exact) mass is 274 g/mol. The Kier molecular flexibility index (Phi) is 4.88. The Morgan fingerprint density at radius 1 is 1.24 bits per heavy atom. The first kappa shape index (κ1) is 14.8. The van der Waals surface area contributed by atoms with E-state index in [4.69, 9.17) is 23.2 Å². The summed E-state index contributed by atoms with van der Waals surface area (Å²) in [6, 6.07) is 5.35. The van der Waals surface area contributed by atoms with Gasteiger partial charge in [0.05, 0.1) is 6.10 Å². The molecule has 1 aromatic rings. The second-order valence-electron chi connectivity index (χ2n) is 5.66. The third-order valence-corrected chi connectivity index (χ3v) is 3.98. The Hall–Kier alpha value is -0.240. The zero-order valence-corrected chi connectivity index (χ0v) is 12.3. The predicted octanol–water partition coefficient (Wildman–Crippen LogP) is 4.58. The highest BCUT2D eigenvalue weighted by Gasteiger charge is 2.27. The lowest BCUT2D eigenvalue weighted by molar-refractivity contribution is 0.0546. The Bertz CT molecular complexity index is 382. The van der Waals surface area contributed by atoms with E-state index in [2.05, 4.69) is 27.7 Å². The van der Waals surface area contributed by atoms with Crippen molar-refractivity contribution in [2.75, 3.05) is 0 Å². The van der Waals surface area contributed by atoms with Crippen LogP contribution in [-0.4, -0.2) is 11.2 Å². The number of aliphatic hydroxyl groups excluding tert-OH is 1. The van der Waals surface area contributed by atoms with Crippen molar-refractivity contribution in [1.82, 2.24) is 0 Å². The van der Waals surface area contributed by atoms with Crippen molar-refractivity contribution in [2.24, 2.45) is 11.3 Å². The maximum absolute atomic E-state index is 10.2. The molecule has 1 aromatic carbocycles. The number of hydrogen-bond acceptors (Lipinski definition) is 1. The van der Waals surface area contributed by atoms with Gasteiger partial charge in [-0.2, -0.15) is 0 Å². The summed E-state index contributed by atoms with van der Waals surface area (Å²) in [5.41, 5.74) is 0.979. The van der Waals surface area contributed by atoms with Crippen LogP contribution in [-0.2, 0) is 6.42 Å². The molecule has 0 bridgehead atoms. The largest absolute Gasteiger partial charge is 0.392 e. The van der Waals surface area contributed by atoms with E-state index in [-0.39, 0.29) is 11.3 Å². The van der Waals surface area contributed by atoms with Crippen molar-refractivity contribution in [1.29, 1.82) is 0 Å². The average Bonchev–Trinajstić information content (AvgIpc) is 2.21. The molecule has 0 saturated carbocycles. The van der Waals surface area contributed by atoms with Gasteiger partial charge in [0, 0.05) is 16.5 Å². The highest BCUT2D eigenvalue weighted by molar-refractivity contribution is 6.33. The van der Waals surface area contributed by atoms with Crippen molar-refractivity contribution in [3.8, 4) is 0 Å². The zero-order chi connectivity index (χ0) is 13.2. The molecule has 0 amide bonds. The third-order valence-electron chi connectivity index (χ3n) is 3.38. The summed E-state index contributed by atoms with van der Waals surface area (Å²) in [5.74, 6) is 0.192. The Morgan fingerprint density at radius 3 is 2.35 bits per heavy atom. The second kappa shape index (κ2) is 5.60. The number of aliphatic hydroxyl groups is 1. The van der Waals surface area contributed by atoms with Gasteiger partial charge in [-0.25, -0.2) is 0 Å². The van der Waals surface area contributed by atoms with Crippen LogP contribution in [0.5, 0.6) is 0 Å². The summed E-state index contributed by atoms with van der Waals surface area (Å²) in [4.78, 5) is 0. The van der Waals surface area contributed by atoms with Gasteiger partial charge in [0.25, 0.3) is 0 Å². The van der Waals surface area contributed by atoms with E-state index in [0.717, 1.165) is 5.56 Å². The fourth-order valence-corrected chi connectivity index (χ4v) is 2.07. The molecule has 0 aliphatic carbocycles. The van der Waals surface area contributed by atoms with Crippen LogP contribution in [0.3, 0.4) is 0 Å². The van der Waals surface area contributed by atoms with E-state index >= 15 is 0 Å². The number of benzene rings is 1. The lowest BCUT2D eigenvalue weighted by Gasteiger charge is -2.31. The molecule has 96 valence electrons. The summed E-state index contributed by atoms with van der Waals surface area (Å²) >= 11 is 12.0. The second-order valence-corrected chi connectivity index (χ2v) is 6.51. The van der Waals surface area contributed by atoms with E-state index in [1.807, 2.05) is 6.07 Å². The first-order valence-corrected chi connectivity index (χ1v) is 6.59. The van der Waals surface area contributed by atoms with Gasteiger partial charge < -0.3 is 5.11 Å². The van der Waals surface area contributed by atoms with Gasteiger partial charge in [0.1, 0.15) is 0 Å². The molecule has 0 aromatic heterocycles. The highest BCUT2D eigenvalue weighted by Crippen LogP contribution is 2.31. The average molecular weight is 275 g/mol. The van der Waals surface area contributed by atoms with Crippen LogP contribution in [0.1, 0.15) is 33.3 Å². The molecule has 0 radical (unpaired) electrons. The summed E-state index contributed by atoms with van der Waals surface area (Å²) < 4.78 is 0. The molecule has 2 unspecified atom stereocenters. The van der Waals surface area contributed by atoms with Gasteiger partial charge in [-0.15, -0.1) is 0 Å². The van der Waals surface area contributed by atoms with Gasteiger partial charge in [-0.05, 0) is 35.1 Å². The molecule has 3 heteroatoms. The van der Waals surface area contributed by atoms with E-state index < -0.39 is 6.10 Å². The fourth-order valence-electron chi connectivity index (χ4n) is 1.68. The van der Waals surface area contributed by atoms with Crippen LogP contribution in [0.2, 0.25) is 10.0 Å². The molecule has 1 rings (SSSR count). The first-order valence-electron chi connectivity index (χ1n) is 5.84. The standard InChI is InChI=1S/C14H20Cl2O/c1-9(14(2,3)4)13(17)8-10-7-11(15)5-6-12(10)16/h5-7,9,13,17H,8H2,1-4H3. The minimum absolute atomic E-state index is 0.0739. The molecule has 0 spiro atoms. The maximum Gasteiger partial charge on any atom is 0.0611 e. The lowest BCUT2D eigenvalue weighted by atomic mass is 9.77. The first-order chi connectivity index (χ1) is 7.71. The van der Waals surface area contributed by atoms with Gasteiger partial charge in [0.15, 0.2) is 0 Å². The molecule has 0 heterocycles. The van der Waals surface area contributed by atoms with Crippen LogP contribution in [0.4, 0.5) is 0 Å². The molecule has 1 N–H and O–H groups in total. The summed E-state index contributed by atoms with van der Waals surface area (Å²) in [6.45, 7) is 8.44. The van der Waals surface area contributed by atoms with Gasteiger partial charge in [-0.3, -0.25) is 0 Å². The SMILES string of the molecule is CC(C(O)Cc1cc(Cl)ccc1Cl)C(C)(C)C. The van der Waals surface area contributed by atoms with E-state index in [1.165, 1.54) is 0 Å². The smallest absolute Gasteiger partial charge is 0.0611 e. The van der Waals surface area contributed by atoms with Crippen molar-refractivity contribution >= 4 is 23.2 Å². The topological polar surface area (TPSA) is 20.2 Å². The molecule has 0 saturated heterocycles. The Morgan fingerprint density at radius 2 is 1.82 bits per heavy atom. The van der Waals surface area contributed by atoms with Gasteiger partial charge >= 0.3 is 0 Å². The van der Waals surface area contributed by atoms with Crippen molar-refractivity contribution in [2.45, 2.75) is 40.2 Å². The minimum atomic E-state index is -0.411. The normalized spacial score (nSPS) is 15.7. The fraction of sp³-hybridized carbons (Fsp3) is 0.571. The quantitative estimate of drug-likeness (QED) is 0.856. The van der Waals surface area contributed by atoms with E-state index in [0.29, 0.717) is 16.5 Å². The van der Waals surface area contributed by atoms with E-state index in [1.54, 1.807) is 12.1 Å². The van der Waals surface area contributed by atoms with Gasteiger partial charge in [-0.1, -0.05) is 50.9 Å². The van der Waals surface area contributed by atoms with Crippen LogP contribution in [0, 0.1) is 11.3 Å². The lowest BCUT2D eigenvalue weighted by Crippen LogP contribution is -2.31.